The topological polar surface area (TPSA) is 55.1 Å². The molecule has 0 aliphatic carbocycles. The number of amides is 1. The van der Waals surface area contributed by atoms with Gasteiger partial charge in [-0.05, 0) is 23.6 Å². The predicted octanol–water partition coefficient (Wildman–Crippen LogP) is 1.66. The second-order valence-electron chi connectivity index (χ2n) is 4.58. The molecular formula is C15H20N2O. The largest absolute Gasteiger partial charge is 0.352 e. The second-order valence-corrected chi connectivity index (χ2v) is 4.58. The van der Waals surface area contributed by atoms with Gasteiger partial charge in [-0.2, -0.15) is 0 Å². The average molecular weight is 244 g/mol. The zero-order valence-corrected chi connectivity index (χ0v) is 11.0. The van der Waals surface area contributed by atoms with Gasteiger partial charge in [0.15, 0.2) is 0 Å². The third-order valence-electron chi connectivity index (χ3n) is 2.37. The van der Waals surface area contributed by atoms with Crippen LogP contribution in [-0.4, -0.2) is 12.5 Å². The fourth-order valence-electron chi connectivity index (χ4n) is 1.50. The van der Waals surface area contributed by atoms with Crippen molar-refractivity contribution in [1.82, 2.24) is 5.32 Å². The highest BCUT2D eigenvalue weighted by Crippen LogP contribution is 2.04. The first-order valence-electron chi connectivity index (χ1n) is 6.16. The minimum Gasteiger partial charge on any atom is -0.352 e. The van der Waals surface area contributed by atoms with Gasteiger partial charge in [-0.15, -0.1) is 0 Å². The summed E-state index contributed by atoms with van der Waals surface area (Å²) in [4.78, 5) is 11.5. The molecule has 0 atom stereocenters. The van der Waals surface area contributed by atoms with Gasteiger partial charge in [0, 0.05) is 18.5 Å². The van der Waals surface area contributed by atoms with E-state index < -0.39 is 0 Å². The lowest BCUT2D eigenvalue weighted by Crippen LogP contribution is -2.23. The molecule has 3 heteroatoms. The molecular weight excluding hydrogens is 224 g/mol. The predicted molar refractivity (Wildman–Crippen MR) is 73.7 cm³/mol. The second kappa shape index (κ2) is 7.52. The Balaban J connectivity index is 2.46. The Morgan fingerprint density at radius 3 is 2.56 bits per heavy atom. The number of carbonyl (C=O) groups excluding carboxylic acids is 1. The minimum atomic E-state index is 0.0944. The fraction of sp³-hybridized carbons (Fsp3) is 0.400. The highest BCUT2D eigenvalue weighted by molar-refractivity contribution is 5.76. The van der Waals surface area contributed by atoms with Crippen LogP contribution < -0.4 is 11.1 Å². The van der Waals surface area contributed by atoms with Gasteiger partial charge in [-0.25, -0.2) is 0 Å². The summed E-state index contributed by atoms with van der Waals surface area (Å²) >= 11 is 0. The van der Waals surface area contributed by atoms with Gasteiger partial charge >= 0.3 is 0 Å². The smallest absolute Gasteiger partial charge is 0.220 e. The molecule has 18 heavy (non-hydrogen) atoms. The molecule has 1 amide bonds. The van der Waals surface area contributed by atoms with E-state index in [0.717, 1.165) is 11.1 Å². The third-order valence-corrected chi connectivity index (χ3v) is 2.37. The summed E-state index contributed by atoms with van der Waals surface area (Å²) in [5, 5.41) is 2.90. The number of rotatable bonds is 4. The fourth-order valence-corrected chi connectivity index (χ4v) is 1.50. The van der Waals surface area contributed by atoms with Crippen molar-refractivity contribution in [3.05, 3.63) is 35.4 Å². The summed E-state index contributed by atoms with van der Waals surface area (Å²) in [7, 11) is 0. The van der Waals surface area contributed by atoms with Crippen molar-refractivity contribution in [2.75, 3.05) is 6.54 Å². The highest BCUT2D eigenvalue weighted by Gasteiger charge is 2.03. The zero-order chi connectivity index (χ0) is 13.4. The van der Waals surface area contributed by atoms with E-state index in [1.54, 1.807) is 0 Å². The quantitative estimate of drug-likeness (QED) is 0.791. The van der Waals surface area contributed by atoms with Crippen molar-refractivity contribution in [1.29, 1.82) is 0 Å². The first-order valence-corrected chi connectivity index (χ1v) is 6.16. The molecule has 0 saturated heterocycles. The molecule has 0 bridgehead atoms. The maximum atomic E-state index is 11.5. The van der Waals surface area contributed by atoms with Crippen LogP contribution in [-0.2, 0) is 11.3 Å². The van der Waals surface area contributed by atoms with E-state index >= 15 is 0 Å². The van der Waals surface area contributed by atoms with E-state index in [0.29, 0.717) is 25.4 Å². The molecule has 1 aromatic rings. The summed E-state index contributed by atoms with van der Waals surface area (Å²) in [5.74, 6) is 6.25. The van der Waals surface area contributed by atoms with Crippen LogP contribution in [0.4, 0.5) is 0 Å². The Kier molecular flexibility index (Phi) is 5.96. The Bertz CT molecular complexity index is 438. The lowest BCUT2D eigenvalue weighted by atomic mass is 10.1. The molecule has 0 saturated carbocycles. The maximum absolute atomic E-state index is 11.5. The van der Waals surface area contributed by atoms with Gasteiger partial charge in [-0.1, -0.05) is 37.8 Å². The average Bonchev–Trinajstić information content (AvgIpc) is 2.34. The van der Waals surface area contributed by atoms with Gasteiger partial charge in [0.05, 0.1) is 6.54 Å². The van der Waals surface area contributed by atoms with Gasteiger partial charge in [0.25, 0.3) is 0 Å². The first kappa shape index (κ1) is 14.3. The molecule has 1 aromatic carbocycles. The van der Waals surface area contributed by atoms with E-state index in [9.17, 15) is 4.79 Å². The Labute approximate surface area is 109 Å². The molecule has 0 aliphatic heterocycles. The van der Waals surface area contributed by atoms with Crippen LogP contribution in [0.25, 0.3) is 0 Å². The van der Waals surface area contributed by atoms with Crippen LogP contribution in [0.5, 0.6) is 0 Å². The lowest BCUT2D eigenvalue weighted by Gasteiger charge is -2.07. The van der Waals surface area contributed by atoms with Crippen molar-refractivity contribution in [2.24, 2.45) is 11.7 Å². The van der Waals surface area contributed by atoms with Gasteiger partial charge in [-0.3, -0.25) is 4.79 Å². The monoisotopic (exact) mass is 244 g/mol. The van der Waals surface area contributed by atoms with Crippen molar-refractivity contribution < 1.29 is 4.79 Å². The standard InChI is InChI=1S/C15H20N2O/c1-12(2)10-15(18)17-11-14-7-5-13(6-8-14)4-3-9-16/h5-8,12H,9-11,16H2,1-2H3,(H,17,18). The Morgan fingerprint density at radius 2 is 2.00 bits per heavy atom. The molecule has 0 aromatic heterocycles. The first-order chi connectivity index (χ1) is 8.61. The van der Waals surface area contributed by atoms with Crippen molar-refractivity contribution in [3.8, 4) is 11.8 Å². The Hall–Kier alpha value is -1.79. The number of nitrogens with two attached hydrogens (primary N) is 1. The molecule has 0 heterocycles. The summed E-state index contributed by atoms with van der Waals surface area (Å²) in [6, 6.07) is 7.81. The molecule has 96 valence electrons. The zero-order valence-electron chi connectivity index (χ0n) is 11.0. The number of carbonyl (C=O) groups is 1. The molecule has 3 N–H and O–H groups in total. The van der Waals surface area contributed by atoms with Crippen molar-refractivity contribution in [3.63, 3.8) is 0 Å². The van der Waals surface area contributed by atoms with Crippen LogP contribution in [0, 0.1) is 17.8 Å². The summed E-state index contributed by atoms with van der Waals surface area (Å²) in [6.07, 6.45) is 0.570. The molecule has 0 radical (unpaired) electrons. The molecule has 3 nitrogen and oxygen atoms in total. The van der Waals surface area contributed by atoms with Crippen LogP contribution >= 0.6 is 0 Å². The van der Waals surface area contributed by atoms with Gasteiger partial charge in [0.1, 0.15) is 0 Å². The van der Waals surface area contributed by atoms with Gasteiger partial charge < -0.3 is 11.1 Å². The maximum Gasteiger partial charge on any atom is 0.220 e. The number of benzene rings is 1. The summed E-state index contributed by atoms with van der Waals surface area (Å²) < 4.78 is 0. The van der Waals surface area contributed by atoms with Crippen molar-refractivity contribution >= 4 is 5.91 Å². The van der Waals surface area contributed by atoms with Crippen LogP contribution in [0.15, 0.2) is 24.3 Å². The molecule has 0 spiro atoms. The normalized spacial score (nSPS) is 9.78. The number of hydrogen-bond acceptors (Lipinski definition) is 2. The molecule has 0 unspecified atom stereocenters. The number of nitrogens with one attached hydrogen (secondary N) is 1. The van der Waals surface area contributed by atoms with E-state index in [1.165, 1.54) is 0 Å². The SMILES string of the molecule is CC(C)CC(=O)NCc1ccc(C#CCN)cc1. The summed E-state index contributed by atoms with van der Waals surface area (Å²) in [5.41, 5.74) is 7.32. The van der Waals surface area contributed by atoms with Gasteiger partial charge in [0.2, 0.25) is 5.91 Å². The third kappa shape index (κ3) is 5.51. The highest BCUT2D eigenvalue weighted by atomic mass is 16.1. The Morgan fingerprint density at radius 1 is 1.33 bits per heavy atom. The summed E-state index contributed by atoms with van der Waals surface area (Å²) in [6.45, 7) is 5.00. The van der Waals surface area contributed by atoms with E-state index in [-0.39, 0.29) is 5.91 Å². The van der Waals surface area contributed by atoms with E-state index in [4.69, 9.17) is 5.73 Å². The van der Waals surface area contributed by atoms with Crippen LogP contribution in [0.2, 0.25) is 0 Å². The lowest BCUT2D eigenvalue weighted by molar-refractivity contribution is -0.121. The minimum absolute atomic E-state index is 0.0944. The van der Waals surface area contributed by atoms with Crippen LogP contribution in [0.3, 0.4) is 0 Å². The molecule has 0 aliphatic rings. The van der Waals surface area contributed by atoms with E-state index in [1.807, 2.05) is 38.1 Å². The van der Waals surface area contributed by atoms with E-state index in [2.05, 4.69) is 17.2 Å². The number of hydrogen-bond donors (Lipinski definition) is 2. The van der Waals surface area contributed by atoms with Crippen LogP contribution in [0.1, 0.15) is 31.4 Å². The molecule has 1 rings (SSSR count). The molecule has 0 fully saturated rings. The van der Waals surface area contributed by atoms with Crippen molar-refractivity contribution in [2.45, 2.75) is 26.8 Å².